The van der Waals surface area contributed by atoms with Crippen molar-refractivity contribution in [3.63, 3.8) is 0 Å². The third-order valence-electron chi connectivity index (χ3n) is 4.64. The van der Waals surface area contributed by atoms with Gasteiger partial charge in [0.2, 0.25) is 0 Å². The van der Waals surface area contributed by atoms with Gasteiger partial charge in [-0.15, -0.1) is 0 Å². The number of pyridine rings is 1. The molecule has 0 radical (unpaired) electrons. The molecule has 0 amide bonds. The van der Waals surface area contributed by atoms with Crippen molar-refractivity contribution in [1.82, 2.24) is 20.2 Å². The van der Waals surface area contributed by atoms with E-state index in [1.165, 1.54) is 10.9 Å². The quantitative estimate of drug-likeness (QED) is 0.287. The van der Waals surface area contributed by atoms with Crippen LogP contribution >= 0.6 is 0 Å². The fourth-order valence-electron chi connectivity index (χ4n) is 3.15. The Morgan fingerprint density at radius 3 is 2.54 bits per heavy atom. The molecular formula is C22H30N6. The minimum absolute atomic E-state index is 0.870. The predicted molar refractivity (Wildman–Crippen MR) is 118 cm³/mol. The maximum atomic E-state index is 4.30. The second-order valence-corrected chi connectivity index (χ2v) is 6.70. The molecule has 0 spiro atoms. The largest absolute Gasteiger partial charge is 0.370 e. The number of anilines is 1. The van der Waals surface area contributed by atoms with Crippen LogP contribution in [-0.2, 0) is 6.54 Å². The van der Waals surface area contributed by atoms with Crippen LogP contribution < -0.4 is 16.0 Å². The van der Waals surface area contributed by atoms with E-state index in [0.717, 1.165) is 57.2 Å². The lowest BCUT2D eigenvalue weighted by molar-refractivity contribution is 0.637. The minimum Gasteiger partial charge on any atom is -0.370 e. The van der Waals surface area contributed by atoms with Crippen molar-refractivity contribution in [2.24, 2.45) is 4.99 Å². The van der Waals surface area contributed by atoms with Crippen molar-refractivity contribution in [2.75, 3.05) is 32.0 Å². The summed E-state index contributed by atoms with van der Waals surface area (Å²) in [7, 11) is 1.82. The maximum Gasteiger partial charge on any atom is 0.190 e. The van der Waals surface area contributed by atoms with Crippen molar-refractivity contribution < 1.29 is 0 Å². The highest BCUT2D eigenvalue weighted by molar-refractivity contribution is 5.80. The number of para-hydroxylation sites is 1. The fraction of sp³-hybridized carbons (Fsp3) is 0.364. The van der Waals surface area contributed by atoms with Gasteiger partial charge in [-0.1, -0.05) is 24.3 Å². The predicted octanol–water partition coefficient (Wildman–Crippen LogP) is 3.48. The van der Waals surface area contributed by atoms with Crippen LogP contribution in [0.2, 0.25) is 0 Å². The van der Waals surface area contributed by atoms with Crippen LogP contribution in [0.5, 0.6) is 0 Å². The maximum absolute atomic E-state index is 4.30. The first kappa shape index (κ1) is 19.7. The number of nitrogens with one attached hydrogen (secondary N) is 3. The van der Waals surface area contributed by atoms with Crippen molar-refractivity contribution in [3.8, 4) is 0 Å². The number of nitrogens with zero attached hydrogens (tertiary/aromatic N) is 3. The summed E-state index contributed by atoms with van der Waals surface area (Å²) in [6.45, 7) is 3.73. The molecule has 0 saturated heterocycles. The third kappa shape index (κ3) is 6.01. The molecule has 3 rings (SSSR count). The first-order chi connectivity index (χ1) is 13.9. The molecule has 0 aliphatic carbocycles. The number of benzene rings is 1. The summed E-state index contributed by atoms with van der Waals surface area (Å²) < 4.78 is 2.31. The minimum atomic E-state index is 0.870. The van der Waals surface area contributed by atoms with Crippen LogP contribution in [0.15, 0.2) is 65.9 Å². The van der Waals surface area contributed by atoms with Gasteiger partial charge in [0, 0.05) is 51.1 Å². The number of fused-ring (bicyclic) bond motifs is 1. The molecular weight excluding hydrogens is 348 g/mol. The monoisotopic (exact) mass is 378 g/mol. The molecule has 148 valence electrons. The Hall–Kier alpha value is -3.02. The summed E-state index contributed by atoms with van der Waals surface area (Å²) in [5, 5.41) is 11.4. The molecule has 6 nitrogen and oxygen atoms in total. The summed E-state index contributed by atoms with van der Waals surface area (Å²) in [6, 6.07) is 16.6. The Morgan fingerprint density at radius 2 is 1.71 bits per heavy atom. The highest BCUT2D eigenvalue weighted by Gasteiger charge is 2.01. The standard InChI is InChI=1S/C22H30N6/c1-23-22(26-15-7-6-14-25-21-11-4-5-13-24-21)27-16-8-17-28-18-12-19-9-2-3-10-20(19)28/h2-5,9-13,18H,6-8,14-17H2,1H3,(H,24,25)(H2,23,26,27). The second-order valence-electron chi connectivity index (χ2n) is 6.70. The first-order valence-electron chi connectivity index (χ1n) is 10.00. The number of aromatic nitrogens is 2. The SMILES string of the molecule is CN=C(NCCCCNc1ccccn1)NCCCn1ccc2ccccc21. The smallest absolute Gasteiger partial charge is 0.190 e. The fourth-order valence-corrected chi connectivity index (χ4v) is 3.15. The summed E-state index contributed by atoms with van der Waals surface area (Å²) >= 11 is 0. The summed E-state index contributed by atoms with van der Waals surface area (Å²) in [5.41, 5.74) is 1.30. The third-order valence-corrected chi connectivity index (χ3v) is 4.64. The van der Waals surface area contributed by atoms with E-state index in [9.17, 15) is 0 Å². The summed E-state index contributed by atoms with van der Waals surface area (Å²) in [4.78, 5) is 8.56. The number of hydrogen-bond donors (Lipinski definition) is 3. The van der Waals surface area contributed by atoms with E-state index in [0.29, 0.717) is 0 Å². The van der Waals surface area contributed by atoms with Gasteiger partial charge in [-0.25, -0.2) is 4.98 Å². The molecule has 3 aromatic rings. The molecule has 0 unspecified atom stereocenters. The van der Waals surface area contributed by atoms with Crippen LogP contribution in [-0.4, -0.2) is 42.2 Å². The highest BCUT2D eigenvalue weighted by atomic mass is 15.2. The van der Waals surface area contributed by atoms with E-state index in [-0.39, 0.29) is 0 Å². The Morgan fingerprint density at radius 1 is 0.929 bits per heavy atom. The molecule has 0 bridgehead atoms. The Bertz CT molecular complexity index is 856. The number of aliphatic imine (C=N–C) groups is 1. The number of guanidine groups is 1. The Kier molecular flexibility index (Phi) is 7.73. The van der Waals surface area contributed by atoms with Gasteiger partial charge < -0.3 is 20.5 Å². The van der Waals surface area contributed by atoms with E-state index in [2.05, 4.69) is 67.0 Å². The number of aryl methyl sites for hydroxylation is 1. The van der Waals surface area contributed by atoms with Crippen molar-refractivity contribution >= 4 is 22.7 Å². The van der Waals surface area contributed by atoms with Gasteiger partial charge >= 0.3 is 0 Å². The van der Waals surface area contributed by atoms with Gasteiger partial charge in [0.15, 0.2) is 5.96 Å². The topological polar surface area (TPSA) is 66.3 Å². The summed E-state index contributed by atoms with van der Waals surface area (Å²) in [6.07, 6.45) is 7.18. The second kappa shape index (κ2) is 11.0. The molecule has 6 heteroatoms. The van der Waals surface area contributed by atoms with Gasteiger partial charge in [-0.2, -0.15) is 0 Å². The van der Waals surface area contributed by atoms with Crippen molar-refractivity contribution in [3.05, 3.63) is 60.9 Å². The zero-order chi connectivity index (χ0) is 19.4. The molecule has 28 heavy (non-hydrogen) atoms. The normalized spacial score (nSPS) is 11.5. The molecule has 3 N–H and O–H groups in total. The molecule has 2 heterocycles. The number of hydrogen-bond acceptors (Lipinski definition) is 3. The Balaban J connectivity index is 1.26. The van der Waals surface area contributed by atoms with Crippen molar-refractivity contribution in [2.45, 2.75) is 25.8 Å². The molecule has 0 fully saturated rings. The van der Waals surface area contributed by atoms with Crippen LogP contribution in [0.1, 0.15) is 19.3 Å². The van der Waals surface area contributed by atoms with E-state index in [1.54, 1.807) is 6.20 Å². The van der Waals surface area contributed by atoms with E-state index < -0.39 is 0 Å². The van der Waals surface area contributed by atoms with Crippen LogP contribution in [0.4, 0.5) is 5.82 Å². The lowest BCUT2D eigenvalue weighted by Gasteiger charge is -2.12. The Labute approximate surface area is 167 Å². The van der Waals surface area contributed by atoms with Gasteiger partial charge in [-0.05, 0) is 48.9 Å². The molecule has 0 atom stereocenters. The van der Waals surface area contributed by atoms with Gasteiger partial charge in [0.25, 0.3) is 0 Å². The van der Waals surface area contributed by atoms with Crippen LogP contribution in [0.25, 0.3) is 10.9 Å². The average molecular weight is 379 g/mol. The highest BCUT2D eigenvalue weighted by Crippen LogP contribution is 2.15. The zero-order valence-electron chi connectivity index (χ0n) is 16.6. The van der Waals surface area contributed by atoms with Gasteiger partial charge in [-0.3, -0.25) is 4.99 Å². The molecule has 2 aromatic heterocycles. The van der Waals surface area contributed by atoms with E-state index in [4.69, 9.17) is 0 Å². The van der Waals surface area contributed by atoms with Gasteiger partial charge in [0.1, 0.15) is 5.82 Å². The first-order valence-corrected chi connectivity index (χ1v) is 10.00. The zero-order valence-corrected chi connectivity index (χ0v) is 16.6. The van der Waals surface area contributed by atoms with E-state index >= 15 is 0 Å². The van der Waals surface area contributed by atoms with Gasteiger partial charge in [0.05, 0.1) is 0 Å². The van der Waals surface area contributed by atoms with Crippen LogP contribution in [0, 0.1) is 0 Å². The molecule has 1 aromatic carbocycles. The van der Waals surface area contributed by atoms with Crippen molar-refractivity contribution in [1.29, 1.82) is 0 Å². The van der Waals surface area contributed by atoms with Crippen LogP contribution in [0.3, 0.4) is 0 Å². The molecule has 0 saturated carbocycles. The lowest BCUT2D eigenvalue weighted by atomic mass is 10.2. The molecule has 0 aliphatic rings. The number of rotatable bonds is 10. The lowest BCUT2D eigenvalue weighted by Crippen LogP contribution is -2.38. The number of unbranched alkanes of at least 4 members (excludes halogenated alkanes) is 1. The molecule has 0 aliphatic heterocycles. The summed E-state index contributed by atoms with van der Waals surface area (Å²) in [5.74, 6) is 1.80. The average Bonchev–Trinajstić information content (AvgIpc) is 3.16. The van der Waals surface area contributed by atoms with E-state index in [1.807, 2.05) is 25.2 Å².